The quantitative estimate of drug-likeness (QED) is 0.600. The van der Waals surface area contributed by atoms with E-state index >= 15 is 0 Å². The first-order chi connectivity index (χ1) is 5.69. The second kappa shape index (κ2) is 3.26. The maximum atomic E-state index is 12.9. The Kier molecular flexibility index (Phi) is 2.33. The monoisotopic (exact) mass is 164 g/mol. The Hall–Kier alpha value is -1.51. The van der Waals surface area contributed by atoms with E-state index in [9.17, 15) is 4.39 Å². The fraction of sp³-hybridized carbons (Fsp3) is 0.111. The molecule has 1 rings (SSSR count). The average molecular weight is 164 g/mol. The minimum atomic E-state index is -0.301. The predicted octanol–water partition coefficient (Wildman–Crippen LogP) is 2.80. The molecule has 0 aliphatic carbocycles. The van der Waals surface area contributed by atoms with Crippen molar-refractivity contribution in [1.29, 1.82) is 0 Å². The summed E-state index contributed by atoms with van der Waals surface area (Å²) in [7, 11) is 0. The maximum absolute atomic E-state index is 12.9. The molecule has 0 saturated heterocycles. The third kappa shape index (κ3) is 1.39. The van der Waals surface area contributed by atoms with Crippen molar-refractivity contribution in [3.63, 3.8) is 0 Å². The van der Waals surface area contributed by atoms with Gasteiger partial charge in [0.25, 0.3) is 0 Å². The van der Waals surface area contributed by atoms with Crippen LogP contribution in [0.15, 0.2) is 22.1 Å². The number of rotatable bonds is 2. The van der Waals surface area contributed by atoms with Crippen LogP contribution in [0.2, 0.25) is 0 Å². The highest BCUT2D eigenvalue weighted by Gasteiger charge is 2.03. The van der Waals surface area contributed by atoms with E-state index in [2.05, 4.69) is 23.4 Å². The summed E-state index contributed by atoms with van der Waals surface area (Å²) in [6, 6.07) is 2.89. The van der Waals surface area contributed by atoms with Crippen LogP contribution in [0.1, 0.15) is 5.56 Å². The number of aryl methyl sites for hydroxylation is 1. The molecule has 1 aromatic rings. The molecule has 3 heteroatoms. The van der Waals surface area contributed by atoms with Gasteiger partial charge in [-0.15, -0.1) is 0 Å². The summed E-state index contributed by atoms with van der Waals surface area (Å²) >= 11 is 0. The number of hydrogen-bond acceptors (Lipinski definition) is 2. The summed E-state index contributed by atoms with van der Waals surface area (Å²) in [6.07, 6.45) is 0. The smallest absolute Gasteiger partial charge is 0.128 e. The van der Waals surface area contributed by atoms with Gasteiger partial charge in [0, 0.05) is 6.07 Å². The highest BCUT2D eigenvalue weighted by molar-refractivity contribution is 5.67. The summed E-state index contributed by atoms with van der Waals surface area (Å²) in [5.74, 6) is -0.301. The van der Waals surface area contributed by atoms with Crippen molar-refractivity contribution in [2.75, 3.05) is 0 Å². The van der Waals surface area contributed by atoms with Crippen LogP contribution in [0.25, 0.3) is 0 Å². The summed E-state index contributed by atoms with van der Waals surface area (Å²) in [6.45, 7) is 8.32. The van der Waals surface area contributed by atoms with Gasteiger partial charge in [0.05, 0.1) is 11.4 Å². The van der Waals surface area contributed by atoms with Crippen LogP contribution >= 0.6 is 0 Å². The second-order valence-corrected chi connectivity index (χ2v) is 2.41. The lowest BCUT2D eigenvalue weighted by Gasteiger charge is -2.01. The molecule has 0 fully saturated rings. The Morgan fingerprint density at radius 1 is 1.17 bits per heavy atom. The predicted molar refractivity (Wildman–Crippen MR) is 49.6 cm³/mol. The van der Waals surface area contributed by atoms with E-state index in [-0.39, 0.29) is 5.82 Å². The number of aliphatic imine (C=N–C) groups is 2. The van der Waals surface area contributed by atoms with Crippen molar-refractivity contribution >= 4 is 24.8 Å². The number of hydrogen-bond donors (Lipinski definition) is 0. The topological polar surface area (TPSA) is 24.7 Å². The molecule has 0 aliphatic heterocycles. The molecule has 0 heterocycles. The van der Waals surface area contributed by atoms with Gasteiger partial charge in [-0.3, -0.25) is 9.98 Å². The molecule has 2 nitrogen and oxygen atoms in total. The fourth-order valence-electron chi connectivity index (χ4n) is 0.909. The van der Waals surface area contributed by atoms with Crippen molar-refractivity contribution in [1.82, 2.24) is 0 Å². The van der Waals surface area contributed by atoms with E-state index < -0.39 is 0 Å². The van der Waals surface area contributed by atoms with Gasteiger partial charge in [-0.1, -0.05) is 0 Å². The minimum Gasteiger partial charge on any atom is -0.262 e. The molecule has 0 spiro atoms. The van der Waals surface area contributed by atoms with Crippen molar-refractivity contribution < 1.29 is 4.39 Å². The van der Waals surface area contributed by atoms with E-state index in [1.807, 2.05) is 0 Å². The van der Waals surface area contributed by atoms with Crippen LogP contribution in [-0.2, 0) is 0 Å². The first-order valence-electron chi connectivity index (χ1n) is 3.42. The molecule has 0 atom stereocenters. The number of halogens is 1. The van der Waals surface area contributed by atoms with Gasteiger partial charge in [0.2, 0.25) is 0 Å². The van der Waals surface area contributed by atoms with Crippen LogP contribution in [0.4, 0.5) is 15.8 Å². The Balaban J connectivity index is 3.37. The number of benzene rings is 1. The molecule has 0 N–H and O–H groups in total. The second-order valence-electron chi connectivity index (χ2n) is 2.41. The highest BCUT2D eigenvalue weighted by Crippen LogP contribution is 2.29. The summed E-state index contributed by atoms with van der Waals surface area (Å²) in [4.78, 5) is 7.31. The van der Waals surface area contributed by atoms with E-state index in [1.165, 1.54) is 6.07 Å². The van der Waals surface area contributed by atoms with E-state index in [0.29, 0.717) is 16.9 Å². The molecular formula is C9H9FN2. The highest BCUT2D eigenvalue weighted by atomic mass is 19.1. The molecule has 0 aromatic heterocycles. The third-order valence-corrected chi connectivity index (χ3v) is 1.60. The van der Waals surface area contributed by atoms with Gasteiger partial charge in [-0.2, -0.15) is 0 Å². The maximum Gasteiger partial charge on any atom is 0.128 e. The summed E-state index contributed by atoms with van der Waals surface area (Å²) in [5, 5.41) is 0. The summed E-state index contributed by atoms with van der Waals surface area (Å²) in [5.41, 5.74) is 1.52. The summed E-state index contributed by atoms with van der Waals surface area (Å²) < 4.78 is 12.9. The van der Waals surface area contributed by atoms with Crippen molar-refractivity contribution in [3.8, 4) is 0 Å². The Morgan fingerprint density at radius 3 is 2.17 bits per heavy atom. The van der Waals surface area contributed by atoms with Crippen LogP contribution in [-0.4, -0.2) is 13.4 Å². The Morgan fingerprint density at radius 2 is 1.67 bits per heavy atom. The molecule has 0 unspecified atom stereocenters. The van der Waals surface area contributed by atoms with Gasteiger partial charge >= 0.3 is 0 Å². The molecule has 12 heavy (non-hydrogen) atoms. The van der Waals surface area contributed by atoms with Crippen molar-refractivity contribution in [2.45, 2.75) is 6.92 Å². The minimum absolute atomic E-state index is 0.301. The molecule has 62 valence electrons. The lowest BCUT2D eigenvalue weighted by atomic mass is 10.2. The van der Waals surface area contributed by atoms with Crippen LogP contribution in [0.5, 0.6) is 0 Å². The van der Waals surface area contributed by atoms with Gasteiger partial charge < -0.3 is 0 Å². The first-order valence-corrected chi connectivity index (χ1v) is 3.42. The SMILES string of the molecule is C=Nc1cc(C)c(F)cc1N=C. The zero-order chi connectivity index (χ0) is 9.14. The van der Waals surface area contributed by atoms with Gasteiger partial charge in [-0.25, -0.2) is 4.39 Å². The van der Waals surface area contributed by atoms with Crippen LogP contribution in [0, 0.1) is 12.7 Å². The van der Waals surface area contributed by atoms with E-state index in [4.69, 9.17) is 0 Å². The van der Waals surface area contributed by atoms with Gasteiger partial charge in [-0.05, 0) is 32.0 Å². The third-order valence-electron chi connectivity index (χ3n) is 1.60. The molecule has 0 radical (unpaired) electrons. The largest absolute Gasteiger partial charge is 0.262 e. The van der Waals surface area contributed by atoms with Crippen molar-refractivity contribution in [2.24, 2.45) is 9.98 Å². The van der Waals surface area contributed by atoms with Gasteiger partial charge in [0.15, 0.2) is 0 Å². The molecule has 0 amide bonds. The Bertz CT molecular complexity index is 299. The Labute approximate surface area is 70.5 Å². The molecule has 0 saturated carbocycles. The average Bonchev–Trinajstić information content (AvgIpc) is 2.09. The van der Waals surface area contributed by atoms with Crippen LogP contribution < -0.4 is 0 Å². The van der Waals surface area contributed by atoms with E-state index in [1.54, 1.807) is 13.0 Å². The lowest BCUT2D eigenvalue weighted by molar-refractivity contribution is 0.619. The first kappa shape index (κ1) is 8.59. The van der Waals surface area contributed by atoms with Gasteiger partial charge in [0.1, 0.15) is 5.82 Å². The molecule has 0 aliphatic rings. The van der Waals surface area contributed by atoms with E-state index in [0.717, 1.165) is 0 Å². The normalized spacial score (nSPS) is 9.50. The lowest BCUT2D eigenvalue weighted by Crippen LogP contribution is -1.80. The zero-order valence-corrected chi connectivity index (χ0v) is 6.84. The number of nitrogens with zero attached hydrogens (tertiary/aromatic N) is 2. The standard InChI is InChI=1S/C9H9FN2/c1-6-4-8(11-2)9(12-3)5-7(6)10/h4-5H,2-3H2,1H3. The molecule has 1 aromatic carbocycles. The molecule has 0 bridgehead atoms. The van der Waals surface area contributed by atoms with Crippen LogP contribution in [0.3, 0.4) is 0 Å². The zero-order valence-electron chi connectivity index (χ0n) is 6.84. The molecular weight excluding hydrogens is 155 g/mol. The fourth-order valence-corrected chi connectivity index (χ4v) is 0.909. The van der Waals surface area contributed by atoms with Crippen molar-refractivity contribution in [3.05, 3.63) is 23.5 Å².